The average molecular weight is 323 g/mol. The number of hydrogen-bond donors (Lipinski definition) is 0. The van der Waals surface area contributed by atoms with Gasteiger partial charge in [0.1, 0.15) is 0 Å². The van der Waals surface area contributed by atoms with Gasteiger partial charge in [0.25, 0.3) is 0 Å². The van der Waals surface area contributed by atoms with Crippen molar-refractivity contribution in [3.8, 4) is 0 Å². The van der Waals surface area contributed by atoms with E-state index in [1.807, 2.05) is 60.3 Å². The summed E-state index contributed by atoms with van der Waals surface area (Å²) in [7, 11) is 0. The lowest BCUT2D eigenvalue weighted by Gasteiger charge is -2.05. The summed E-state index contributed by atoms with van der Waals surface area (Å²) in [5.41, 5.74) is 2.86. The second kappa shape index (κ2) is 7.79. The molecular formula is C19H17NO2S. The van der Waals surface area contributed by atoms with Crippen LogP contribution < -0.4 is 0 Å². The Hall–Kier alpha value is -2.33. The fourth-order valence-electron chi connectivity index (χ4n) is 2.34. The van der Waals surface area contributed by atoms with E-state index in [-0.39, 0.29) is 0 Å². The Bertz CT molecular complexity index is 738. The van der Waals surface area contributed by atoms with Gasteiger partial charge < -0.3 is 4.84 Å². The normalized spacial score (nSPS) is 16.1. The molecule has 1 heterocycles. The fourth-order valence-corrected chi connectivity index (χ4v) is 3.37. The number of thioether (sulfide) groups is 1. The van der Waals surface area contributed by atoms with Crippen molar-refractivity contribution < 1.29 is 9.63 Å². The van der Waals surface area contributed by atoms with Crippen LogP contribution in [0.5, 0.6) is 0 Å². The highest BCUT2D eigenvalue weighted by molar-refractivity contribution is 7.99. The van der Waals surface area contributed by atoms with Crippen LogP contribution in [0.2, 0.25) is 0 Å². The van der Waals surface area contributed by atoms with E-state index in [1.165, 1.54) is 11.0 Å². The molecule has 2 aromatic carbocycles. The van der Waals surface area contributed by atoms with Crippen molar-refractivity contribution in [1.29, 1.82) is 0 Å². The Morgan fingerprint density at radius 3 is 2.74 bits per heavy atom. The number of carbonyl (C=O) groups excluding carboxylic acids is 1. The third kappa shape index (κ3) is 4.33. The van der Waals surface area contributed by atoms with Crippen molar-refractivity contribution in [2.75, 3.05) is 5.75 Å². The van der Waals surface area contributed by atoms with Gasteiger partial charge in [-0.05, 0) is 36.3 Å². The molecule has 23 heavy (non-hydrogen) atoms. The summed E-state index contributed by atoms with van der Waals surface area (Å²) >= 11 is 1.82. The first-order valence-electron chi connectivity index (χ1n) is 7.56. The molecule has 0 saturated heterocycles. The van der Waals surface area contributed by atoms with Crippen molar-refractivity contribution in [2.24, 2.45) is 5.16 Å². The number of carbonyl (C=O) groups is 1. The zero-order valence-corrected chi connectivity index (χ0v) is 13.5. The zero-order valence-electron chi connectivity index (χ0n) is 12.6. The minimum absolute atomic E-state index is 0.462. The monoisotopic (exact) mass is 323 g/mol. The topological polar surface area (TPSA) is 38.7 Å². The predicted octanol–water partition coefficient (Wildman–Crippen LogP) is 4.53. The Balaban J connectivity index is 1.70. The summed E-state index contributed by atoms with van der Waals surface area (Å²) in [5, 5.41) is 4.10. The van der Waals surface area contributed by atoms with Gasteiger partial charge in [0, 0.05) is 16.5 Å². The molecule has 0 bridgehead atoms. The molecule has 0 amide bonds. The molecule has 0 radical (unpaired) electrons. The van der Waals surface area contributed by atoms with Gasteiger partial charge in [-0.25, -0.2) is 4.79 Å². The van der Waals surface area contributed by atoms with Gasteiger partial charge in [0.15, 0.2) is 0 Å². The second-order valence-corrected chi connectivity index (χ2v) is 6.28. The maximum absolute atomic E-state index is 11.8. The summed E-state index contributed by atoms with van der Waals surface area (Å²) in [6, 6.07) is 17.7. The van der Waals surface area contributed by atoms with Crippen LogP contribution in [0.1, 0.15) is 24.0 Å². The Labute approximate surface area is 140 Å². The molecule has 0 atom stereocenters. The minimum Gasteiger partial charge on any atom is -0.313 e. The van der Waals surface area contributed by atoms with Crippen molar-refractivity contribution in [2.45, 2.75) is 17.7 Å². The van der Waals surface area contributed by atoms with Crippen LogP contribution in [-0.2, 0) is 9.63 Å². The van der Waals surface area contributed by atoms with Gasteiger partial charge in [0.2, 0.25) is 0 Å². The van der Waals surface area contributed by atoms with Crippen molar-refractivity contribution >= 4 is 29.5 Å². The van der Waals surface area contributed by atoms with Crippen LogP contribution in [-0.4, -0.2) is 17.4 Å². The van der Waals surface area contributed by atoms with Gasteiger partial charge >= 0.3 is 5.97 Å². The number of oxime groups is 1. The van der Waals surface area contributed by atoms with E-state index >= 15 is 0 Å². The molecule has 0 N–H and O–H groups in total. The second-order valence-electron chi connectivity index (χ2n) is 5.14. The molecule has 0 spiro atoms. The highest BCUT2D eigenvalue weighted by Crippen LogP contribution is 2.29. The Morgan fingerprint density at radius 1 is 1.09 bits per heavy atom. The standard InChI is InChI=1S/C19H17NO2S/c21-19(13-12-15-7-2-1-3-8-15)22-20-17-10-6-14-23-18-11-5-4-9-16(17)18/h1-5,7-9,11-13H,6,10,14H2/b13-12+,20-17?. The number of rotatable bonds is 3. The third-order valence-corrected chi connectivity index (χ3v) is 4.63. The molecule has 0 aromatic heterocycles. The molecule has 0 aliphatic carbocycles. The van der Waals surface area contributed by atoms with Crippen molar-refractivity contribution in [3.63, 3.8) is 0 Å². The van der Waals surface area contributed by atoms with Gasteiger partial charge in [-0.1, -0.05) is 53.7 Å². The number of hydrogen-bond acceptors (Lipinski definition) is 4. The van der Waals surface area contributed by atoms with E-state index in [2.05, 4.69) is 11.2 Å². The predicted molar refractivity (Wildman–Crippen MR) is 94.5 cm³/mol. The summed E-state index contributed by atoms with van der Waals surface area (Å²) in [5.74, 6) is 0.591. The molecule has 2 aromatic rings. The molecule has 4 heteroatoms. The SMILES string of the molecule is O=C(/C=C/c1ccccc1)ON=C1CCCSc2ccccc21. The van der Waals surface area contributed by atoms with Crippen LogP contribution in [0.15, 0.2) is 70.7 Å². The van der Waals surface area contributed by atoms with Crippen molar-refractivity contribution in [1.82, 2.24) is 0 Å². The lowest BCUT2D eigenvalue weighted by Crippen LogP contribution is -2.04. The molecular weight excluding hydrogens is 306 g/mol. The molecule has 0 unspecified atom stereocenters. The Morgan fingerprint density at radius 2 is 1.87 bits per heavy atom. The highest BCUT2D eigenvalue weighted by Gasteiger charge is 2.14. The number of nitrogens with zero attached hydrogens (tertiary/aromatic N) is 1. The number of benzene rings is 2. The first-order valence-corrected chi connectivity index (χ1v) is 8.55. The zero-order chi connectivity index (χ0) is 15.9. The van der Waals surface area contributed by atoms with E-state index in [1.54, 1.807) is 6.08 Å². The highest BCUT2D eigenvalue weighted by atomic mass is 32.2. The van der Waals surface area contributed by atoms with E-state index in [0.717, 1.165) is 35.4 Å². The maximum Gasteiger partial charge on any atom is 0.358 e. The summed E-state index contributed by atoms with van der Waals surface area (Å²) in [6.45, 7) is 0. The lowest BCUT2D eigenvalue weighted by molar-refractivity contribution is -0.137. The van der Waals surface area contributed by atoms with Crippen LogP contribution in [0.3, 0.4) is 0 Å². The van der Waals surface area contributed by atoms with Gasteiger partial charge in [-0.2, -0.15) is 0 Å². The first kappa shape index (κ1) is 15.6. The molecule has 0 fully saturated rings. The summed E-state index contributed by atoms with van der Waals surface area (Å²) in [6.07, 6.45) is 4.96. The van der Waals surface area contributed by atoms with Crippen molar-refractivity contribution in [3.05, 3.63) is 71.8 Å². The van der Waals surface area contributed by atoms with E-state index in [0.29, 0.717) is 0 Å². The van der Waals surface area contributed by atoms with Gasteiger partial charge in [-0.3, -0.25) is 0 Å². The van der Waals surface area contributed by atoms with E-state index in [9.17, 15) is 4.79 Å². The molecule has 3 nitrogen and oxygen atoms in total. The average Bonchev–Trinajstić information content (AvgIpc) is 2.81. The fraction of sp³-hybridized carbons (Fsp3) is 0.158. The molecule has 116 valence electrons. The molecule has 3 rings (SSSR count). The van der Waals surface area contributed by atoms with Crippen LogP contribution in [0, 0.1) is 0 Å². The van der Waals surface area contributed by atoms with Gasteiger partial charge in [-0.15, -0.1) is 11.8 Å². The summed E-state index contributed by atoms with van der Waals surface area (Å²) in [4.78, 5) is 18.1. The quantitative estimate of drug-likeness (QED) is 0.473. The summed E-state index contributed by atoms with van der Waals surface area (Å²) < 4.78 is 0. The molecule has 0 saturated carbocycles. The minimum atomic E-state index is -0.462. The van der Waals surface area contributed by atoms with E-state index < -0.39 is 5.97 Å². The van der Waals surface area contributed by atoms with Crippen LogP contribution >= 0.6 is 11.8 Å². The largest absolute Gasteiger partial charge is 0.358 e. The van der Waals surface area contributed by atoms with Crippen LogP contribution in [0.25, 0.3) is 6.08 Å². The lowest BCUT2D eigenvalue weighted by atomic mass is 10.1. The Kier molecular flexibility index (Phi) is 5.27. The van der Waals surface area contributed by atoms with Crippen LogP contribution in [0.4, 0.5) is 0 Å². The third-order valence-electron chi connectivity index (χ3n) is 3.47. The van der Waals surface area contributed by atoms with Gasteiger partial charge in [0.05, 0.1) is 5.71 Å². The smallest absolute Gasteiger partial charge is 0.313 e. The van der Waals surface area contributed by atoms with E-state index in [4.69, 9.17) is 4.84 Å². The first-order chi connectivity index (χ1) is 11.3. The molecule has 1 aliphatic heterocycles. The number of fused-ring (bicyclic) bond motifs is 1. The maximum atomic E-state index is 11.8. The molecule has 1 aliphatic rings.